The molecule has 0 bridgehead atoms. The number of nitrogens with one attached hydrogen (secondary N) is 1. The van der Waals surface area contributed by atoms with Crippen LogP contribution < -0.4 is 10.1 Å². The Morgan fingerprint density at radius 1 is 0.963 bits per heavy atom. The van der Waals surface area contributed by atoms with Gasteiger partial charge < -0.3 is 10.1 Å². The first-order chi connectivity index (χ1) is 12.9. The van der Waals surface area contributed by atoms with Gasteiger partial charge in [-0.1, -0.05) is 52.5 Å². The van der Waals surface area contributed by atoms with Gasteiger partial charge in [0.15, 0.2) is 0 Å². The fourth-order valence-corrected chi connectivity index (χ4v) is 3.98. The molecule has 0 radical (unpaired) electrons. The van der Waals surface area contributed by atoms with Crippen LogP contribution in [0.15, 0.2) is 30.5 Å². The minimum Gasteiger partial charge on any atom is -0.497 e. The summed E-state index contributed by atoms with van der Waals surface area (Å²) in [5.74, 6) is 0.354. The largest absolute Gasteiger partial charge is 0.497 e. The molecule has 4 nitrogen and oxygen atoms in total. The lowest BCUT2D eigenvalue weighted by Crippen LogP contribution is -2.12. The van der Waals surface area contributed by atoms with Crippen molar-refractivity contribution in [2.24, 2.45) is 0 Å². The molecule has 0 spiro atoms. The van der Waals surface area contributed by atoms with Crippen LogP contribution in [0.25, 0.3) is 22.5 Å². The van der Waals surface area contributed by atoms with Gasteiger partial charge in [-0.3, -0.25) is 9.78 Å². The molecular formula is C19H10Cl4N2O2. The van der Waals surface area contributed by atoms with Gasteiger partial charge in [0.1, 0.15) is 5.75 Å². The maximum Gasteiger partial charge on any atom is 0.257 e. The monoisotopic (exact) mass is 438 g/mol. The van der Waals surface area contributed by atoms with E-state index in [4.69, 9.17) is 51.1 Å². The van der Waals surface area contributed by atoms with Crippen molar-refractivity contribution in [1.82, 2.24) is 10.3 Å². The number of aromatic nitrogens is 1. The van der Waals surface area contributed by atoms with Gasteiger partial charge in [0.2, 0.25) is 0 Å². The van der Waals surface area contributed by atoms with Gasteiger partial charge in [0.25, 0.3) is 5.91 Å². The Morgan fingerprint density at radius 3 is 2.37 bits per heavy atom. The van der Waals surface area contributed by atoms with E-state index in [9.17, 15) is 4.79 Å². The standard InChI is InChI=1S/C19H10Cl4N2O2/c1-27-11-3-2-8-4-10(24-7-9(8)5-11)6-12-13-14(19(26)25-12)16(21)18(23)17(22)15(13)20/h2-7H,1H3,(H,25,26)/b12-6-. The number of methoxy groups -OCH3 is 1. The highest BCUT2D eigenvalue weighted by Crippen LogP contribution is 2.46. The molecule has 0 aliphatic carbocycles. The van der Waals surface area contributed by atoms with Crippen molar-refractivity contribution in [3.8, 4) is 5.75 Å². The lowest BCUT2D eigenvalue weighted by Gasteiger charge is -2.09. The Morgan fingerprint density at radius 2 is 1.67 bits per heavy atom. The first kappa shape index (κ1) is 18.4. The molecule has 4 rings (SSSR count). The topological polar surface area (TPSA) is 51.2 Å². The summed E-state index contributed by atoms with van der Waals surface area (Å²) in [5.41, 5.74) is 1.71. The molecule has 1 aromatic heterocycles. The van der Waals surface area contributed by atoms with Crippen molar-refractivity contribution in [3.63, 3.8) is 0 Å². The van der Waals surface area contributed by atoms with E-state index in [1.165, 1.54) is 0 Å². The van der Waals surface area contributed by atoms with Crippen LogP contribution in [0.2, 0.25) is 20.1 Å². The third-order valence-corrected chi connectivity index (χ3v) is 6.06. The quantitative estimate of drug-likeness (QED) is 0.387. The normalized spacial score (nSPS) is 14.6. The zero-order valence-corrected chi connectivity index (χ0v) is 16.8. The molecule has 27 heavy (non-hydrogen) atoms. The number of nitrogens with zero attached hydrogens (tertiary/aromatic N) is 1. The highest BCUT2D eigenvalue weighted by Gasteiger charge is 2.32. The number of fused-ring (bicyclic) bond motifs is 2. The second-order valence-corrected chi connectivity index (χ2v) is 7.35. The number of carbonyl (C=O) groups is 1. The van der Waals surface area contributed by atoms with E-state index in [-0.39, 0.29) is 25.7 Å². The maximum atomic E-state index is 12.4. The SMILES string of the molecule is COc1ccc2cc(/C=C3\NC(=O)c4c(Cl)c(Cl)c(Cl)c(Cl)c43)ncc2c1. The second-order valence-electron chi connectivity index (χ2n) is 5.84. The summed E-state index contributed by atoms with van der Waals surface area (Å²) in [6.07, 6.45) is 3.44. The summed E-state index contributed by atoms with van der Waals surface area (Å²) in [6, 6.07) is 7.58. The predicted molar refractivity (Wildman–Crippen MR) is 110 cm³/mol. The highest BCUT2D eigenvalue weighted by atomic mass is 35.5. The molecule has 3 aromatic rings. The van der Waals surface area contributed by atoms with Crippen molar-refractivity contribution in [3.05, 3.63) is 67.4 Å². The van der Waals surface area contributed by atoms with Crippen LogP contribution in [0.5, 0.6) is 5.75 Å². The average molecular weight is 440 g/mol. The summed E-state index contributed by atoms with van der Waals surface area (Å²) in [4.78, 5) is 16.8. The fraction of sp³-hybridized carbons (Fsp3) is 0.0526. The van der Waals surface area contributed by atoms with Crippen molar-refractivity contribution in [2.45, 2.75) is 0 Å². The van der Waals surface area contributed by atoms with E-state index in [1.807, 2.05) is 24.3 Å². The van der Waals surface area contributed by atoms with Crippen LogP contribution in [0.4, 0.5) is 0 Å². The van der Waals surface area contributed by atoms with E-state index in [1.54, 1.807) is 19.4 Å². The van der Waals surface area contributed by atoms with Crippen LogP contribution in [-0.4, -0.2) is 18.0 Å². The minimum atomic E-state index is -0.396. The fourth-order valence-electron chi connectivity index (χ4n) is 2.94. The van der Waals surface area contributed by atoms with Gasteiger partial charge in [-0.25, -0.2) is 0 Å². The average Bonchev–Trinajstić information content (AvgIpc) is 3.00. The molecule has 1 amide bonds. The van der Waals surface area contributed by atoms with E-state index in [2.05, 4.69) is 10.3 Å². The zero-order chi connectivity index (χ0) is 19.3. The molecule has 1 N–H and O–H groups in total. The Labute approximate surface area is 174 Å². The number of ether oxygens (including phenoxy) is 1. The molecule has 2 heterocycles. The summed E-state index contributed by atoms with van der Waals surface area (Å²) in [7, 11) is 1.61. The third-order valence-electron chi connectivity index (χ3n) is 4.25. The number of pyridine rings is 1. The van der Waals surface area contributed by atoms with Gasteiger partial charge >= 0.3 is 0 Å². The molecule has 0 saturated carbocycles. The molecule has 136 valence electrons. The van der Waals surface area contributed by atoms with Crippen molar-refractivity contribution in [1.29, 1.82) is 0 Å². The van der Waals surface area contributed by atoms with Gasteiger partial charge in [-0.15, -0.1) is 0 Å². The molecular weight excluding hydrogens is 430 g/mol. The van der Waals surface area contributed by atoms with Gasteiger partial charge in [0, 0.05) is 17.1 Å². The number of hydrogen-bond acceptors (Lipinski definition) is 3. The summed E-state index contributed by atoms with van der Waals surface area (Å²) >= 11 is 24.7. The van der Waals surface area contributed by atoms with Crippen molar-refractivity contribution < 1.29 is 9.53 Å². The van der Waals surface area contributed by atoms with Crippen LogP contribution in [0.1, 0.15) is 21.6 Å². The number of rotatable bonds is 2. The van der Waals surface area contributed by atoms with Gasteiger partial charge in [-0.2, -0.15) is 0 Å². The molecule has 1 aliphatic heterocycles. The molecule has 8 heteroatoms. The van der Waals surface area contributed by atoms with Crippen molar-refractivity contribution in [2.75, 3.05) is 7.11 Å². The molecule has 0 saturated heterocycles. The molecule has 0 atom stereocenters. The van der Waals surface area contributed by atoms with Gasteiger partial charge in [-0.05, 0) is 29.7 Å². The molecule has 0 unspecified atom stereocenters. The number of carbonyl (C=O) groups excluding carboxylic acids is 1. The Balaban J connectivity index is 1.86. The first-order valence-electron chi connectivity index (χ1n) is 7.74. The predicted octanol–water partition coefficient (Wildman–Crippen LogP) is 6.10. The van der Waals surface area contributed by atoms with Crippen LogP contribution in [-0.2, 0) is 0 Å². The minimum absolute atomic E-state index is 0.0521. The Hall–Kier alpha value is -1.98. The second kappa shape index (κ2) is 6.88. The lowest BCUT2D eigenvalue weighted by molar-refractivity contribution is 0.0981. The number of halogens is 4. The van der Waals surface area contributed by atoms with Crippen LogP contribution >= 0.6 is 46.4 Å². The van der Waals surface area contributed by atoms with Gasteiger partial charge in [0.05, 0.1) is 44.2 Å². The number of benzene rings is 2. The smallest absolute Gasteiger partial charge is 0.257 e. The zero-order valence-electron chi connectivity index (χ0n) is 13.7. The van der Waals surface area contributed by atoms with Crippen LogP contribution in [0, 0.1) is 0 Å². The molecule has 0 fully saturated rings. The summed E-state index contributed by atoms with van der Waals surface area (Å²) < 4.78 is 5.22. The number of amides is 1. The summed E-state index contributed by atoms with van der Waals surface area (Å²) in [6.45, 7) is 0. The summed E-state index contributed by atoms with van der Waals surface area (Å²) in [5, 5.41) is 5.04. The maximum absolute atomic E-state index is 12.4. The van der Waals surface area contributed by atoms with Crippen molar-refractivity contribution >= 4 is 74.9 Å². The van der Waals surface area contributed by atoms with E-state index >= 15 is 0 Å². The van der Waals surface area contributed by atoms with E-state index < -0.39 is 5.91 Å². The highest BCUT2D eigenvalue weighted by molar-refractivity contribution is 6.54. The number of hydrogen-bond donors (Lipinski definition) is 1. The lowest BCUT2D eigenvalue weighted by atomic mass is 10.1. The van der Waals surface area contributed by atoms with Crippen LogP contribution in [0.3, 0.4) is 0 Å². The van der Waals surface area contributed by atoms with E-state index in [0.717, 1.165) is 16.5 Å². The molecule has 1 aliphatic rings. The third kappa shape index (κ3) is 3.03. The van der Waals surface area contributed by atoms with E-state index in [0.29, 0.717) is 17.0 Å². The Kier molecular flexibility index (Phi) is 4.68. The molecule has 2 aromatic carbocycles. The first-order valence-corrected chi connectivity index (χ1v) is 9.25. The Bertz CT molecular complexity index is 1160.